The van der Waals surface area contributed by atoms with Gasteiger partial charge in [-0.2, -0.15) is 10.2 Å². The third-order valence-electron chi connectivity index (χ3n) is 2.04. The van der Waals surface area contributed by atoms with Crippen LogP contribution in [0.4, 0.5) is 5.82 Å². The fourth-order valence-electron chi connectivity index (χ4n) is 1.30. The van der Waals surface area contributed by atoms with Crippen LogP contribution in [-0.2, 0) is 13.1 Å². The summed E-state index contributed by atoms with van der Waals surface area (Å²) in [7, 11) is 0. The van der Waals surface area contributed by atoms with Gasteiger partial charge in [-0.1, -0.05) is 0 Å². The quantitative estimate of drug-likeness (QED) is 0.764. The van der Waals surface area contributed by atoms with Gasteiger partial charge >= 0.3 is 0 Å². The summed E-state index contributed by atoms with van der Waals surface area (Å²) in [5.41, 5.74) is 1.13. The number of aromatic amines is 1. The highest BCUT2D eigenvalue weighted by atomic mass is 15.3. The highest BCUT2D eigenvalue weighted by molar-refractivity contribution is 5.34. The van der Waals surface area contributed by atoms with Crippen molar-refractivity contribution in [2.75, 3.05) is 5.32 Å². The molecule has 14 heavy (non-hydrogen) atoms. The summed E-state index contributed by atoms with van der Waals surface area (Å²) < 4.78 is 1.92. The lowest BCUT2D eigenvalue weighted by Gasteiger charge is -2.06. The topological polar surface area (TPSA) is 58.5 Å². The maximum atomic E-state index is 4.17. The van der Waals surface area contributed by atoms with E-state index in [1.165, 1.54) is 0 Å². The molecule has 5 heteroatoms. The summed E-state index contributed by atoms with van der Waals surface area (Å²) in [6.07, 6.45) is 5.47. The molecule has 2 heterocycles. The van der Waals surface area contributed by atoms with Crippen LogP contribution in [0.3, 0.4) is 0 Å². The van der Waals surface area contributed by atoms with Gasteiger partial charge in [0.25, 0.3) is 0 Å². The lowest BCUT2D eigenvalue weighted by atomic mass is 10.3. The van der Waals surface area contributed by atoms with Crippen LogP contribution in [0, 0.1) is 0 Å². The average Bonchev–Trinajstić information content (AvgIpc) is 2.85. The normalized spacial score (nSPS) is 10.4. The molecule has 0 spiro atoms. The second-order valence-corrected chi connectivity index (χ2v) is 2.99. The van der Waals surface area contributed by atoms with Crippen LogP contribution in [0.2, 0.25) is 0 Å². The van der Waals surface area contributed by atoms with Crippen molar-refractivity contribution in [3.05, 3.63) is 30.2 Å². The molecule has 0 aromatic carbocycles. The average molecular weight is 191 g/mol. The summed E-state index contributed by atoms with van der Waals surface area (Å²) in [6, 6.07) is 1.96. The van der Waals surface area contributed by atoms with Crippen molar-refractivity contribution < 1.29 is 0 Å². The van der Waals surface area contributed by atoms with Gasteiger partial charge < -0.3 is 5.32 Å². The Kier molecular flexibility index (Phi) is 2.48. The zero-order valence-corrected chi connectivity index (χ0v) is 8.07. The van der Waals surface area contributed by atoms with Crippen molar-refractivity contribution in [2.45, 2.75) is 20.0 Å². The largest absolute Gasteiger partial charge is 0.366 e. The lowest BCUT2D eigenvalue weighted by molar-refractivity contribution is 0.664. The van der Waals surface area contributed by atoms with E-state index in [-0.39, 0.29) is 0 Å². The highest BCUT2D eigenvalue weighted by Crippen LogP contribution is 2.07. The van der Waals surface area contributed by atoms with Crippen LogP contribution in [-0.4, -0.2) is 20.0 Å². The fourth-order valence-corrected chi connectivity index (χ4v) is 1.30. The first-order valence-electron chi connectivity index (χ1n) is 4.63. The van der Waals surface area contributed by atoms with Gasteiger partial charge in [0.2, 0.25) is 0 Å². The summed E-state index contributed by atoms with van der Waals surface area (Å²) in [5, 5.41) is 14.1. The minimum atomic E-state index is 0.766. The van der Waals surface area contributed by atoms with Gasteiger partial charge in [0.1, 0.15) is 5.82 Å². The number of H-pyrrole nitrogens is 1. The van der Waals surface area contributed by atoms with E-state index in [1.54, 1.807) is 12.4 Å². The summed E-state index contributed by atoms with van der Waals surface area (Å²) in [4.78, 5) is 0. The van der Waals surface area contributed by atoms with Crippen molar-refractivity contribution in [2.24, 2.45) is 0 Å². The second kappa shape index (κ2) is 3.95. The van der Waals surface area contributed by atoms with Gasteiger partial charge in [-0.3, -0.25) is 9.78 Å². The Morgan fingerprint density at radius 3 is 3.21 bits per heavy atom. The third kappa shape index (κ3) is 1.76. The minimum Gasteiger partial charge on any atom is -0.366 e. The van der Waals surface area contributed by atoms with Gasteiger partial charge in [0.15, 0.2) is 0 Å². The van der Waals surface area contributed by atoms with Crippen LogP contribution in [0.5, 0.6) is 0 Å². The van der Waals surface area contributed by atoms with Gasteiger partial charge in [-0.25, -0.2) is 0 Å². The molecule has 2 aromatic rings. The zero-order valence-electron chi connectivity index (χ0n) is 8.07. The standard InChI is InChI=1S/C9H13N5/c1-2-14-9(3-4-13-14)10-5-8-6-11-12-7-8/h3-4,6-7,10H,2,5H2,1H3,(H,11,12). The summed E-state index contributed by atoms with van der Waals surface area (Å²) in [5.74, 6) is 1.04. The molecular weight excluding hydrogens is 178 g/mol. The molecule has 0 aliphatic rings. The zero-order chi connectivity index (χ0) is 9.80. The molecular formula is C9H13N5. The van der Waals surface area contributed by atoms with Gasteiger partial charge in [-0.15, -0.1) is 0 Å². The molecule has 2 N–H and O–H groups in total. The lowest BCUT2D eigenvalue weighted by Crippen LogP contribution is -2.06. The Bertz CT molecular complexity index is 376. The van der Waals surface area contributed by atoms with Crippen LogP contribution < -0.4 is 5.32 Å². The van der Waals surface area contributed by atoms with E-state index in [0.29, 0.717) is 0 Å². The van der Waals surface area contributed by atoms with Crippen molar-refractivity contribution in [1.82, 2.24) is 20.0 Å². The molecule has 0 aliphatic heterocycles. The molecule has 0 amide bonds. The number of anilines is 1. The second-order valence-electron chi connectivity index (χ2n) is 2.99. The molecule has 0 saturated carbocycles. The molecule has 0 radical (unpaired) electrons. The Hall–Kier alpha value is -1.78. The van der Waals surface area contributed by atoms with E-state index in [4.69, 9.17) is 0 Å². The van der Waals surface area contributed by atoms with E-state index >= 15 is 0 Å². The SMILES string of the molecule is CCn1nccc1NCc1cn[nH]c1. The minimum absolute atomic E-state index is 0.766. The Morgan fingerprint density at radius 2 is 2.50 bits per heavy atom. The third-order valence-corrected chi connectivity index (χ3v) is 2.04. The molecule has 74 valence electrons. The molecule has 0 unspecified atom stereocenters. The number of aromatic nitrogens is 4. The number of aryl methyl sites for hydroxylation is 1. The van der Waals surface area contributed by atoms with E-state index in [2.05, 4.69) is 27.5 Å². The number of hydrogen-bond donors (Lipinski definition) is 2. The number of nitrogens with one attached hydrogen (secondary N) is 2. The fraction of sp³-hybridized carbons (Fsp3) is 0.333. The van der Waals surface area contributed by atoms with E-state index in [1.807, 2.05) is 16.9 Å². The Labute approximate surface area is 82.1 Å². The number of nitrogens with zero attached hydrogens (tertiary/aromatic N) is 3. The molecule has 0 atom stereocenters. The smallest absolute Gasteiger partial charge is 0.124 e. The molecule has 2 aromatic heterocycles. The molecule has 0 bridgehead atoms. The highest BCUT2D eigenvalue weighted by Gasteiger charge is 1.99. The van der Waals surface area contributed by atoms with Gasteiger partial charge in [0.05, 0.1) is 12.4 Å². The van der Waals surface area contributed by atoms with Gasteiger partial charge in [0, 0.05) is 30.9 Å². The van der Waals surface area contributed by atoms with Crippen molar-refractivity contribution >= 4 is 5.82 Å². The van der Waals surface area contributed by atoms with Crippen molar-refractivity contribution in [3.63, 3.8) is 0 Å². The maximum Gasteiger partial charge on any atom is 0.124 e. The van der Waals surface area contributed by atoms with Crippen LogP contribution in [0.1, 0.15) is 12.5 Å². The van der Waals surface area contributed by atoms with Crippen LogP contribution in [0.25, 0.3) is 0 Å². The Morgan fingerprint density at radius 1 is 1.57 bits per heavy atom. The summed E-state index contributed by atoms with van der Waals surface area (Å²) >= 11 is 0. The van der Waals surface area contributed by atoms with Crippen molar-refractivity contribution in [3.8, 4) is 0 Å². The molecule has 0 fully saturated rings. The first-order chi connectivity index (χ1) is 6.90. The van der Waals surface area contributed by atoms with E-state index < -0.39 is 0 Å². The molecule has 0 saturated heterocycles. The number of rotatable bonds is 4. The monoisotopic (exact) mass is 191 g/mol. The van der Waals surface area contributed by atoms with Crippen LogP contribution >= 0.6 is 0 Å². The molecule has 2 rings (SSSR count). The maximum absolute atomic E-state index is 4.17. The van der Waals surface area contributed by atoms with Crippen molar-refractivity contribution in [1.29, 1.82) is 0 Å². The summed E-state index contributed by atoms with van der Waals surface area (Å²) in [6.45, 7) is 3.71. The van der Waals surface area contributed by atoms with Crippen LogP contribution in [0.15, 0.2) is 24.7 Å². The predicted octanol–water partition coefficient (Wildman–Crippen LogP) is 1.24. The predicted molar refractivity (Wildman–Crippen MR) is 53.8 cm³/mol. The molecule has 0 aliphatic carbocycles. The first-order valence-corrected chi connectivity index (χ1v) is 4.63. The first kappa shape index (κ1) is 8.80. The number of hydrogen-bond acceptors (Lipinski definition) is 3. The van der Waals surface area contributed by atoms with E-state index in [9.17, 15) is 0 Å². The van der Waals surface area contributed by atoms with E-state index in [0.717, 1.165) is 24.5 Å². The molecule has 5 nitrogen and oxygen atoms in total. The Balaban J connectivity index is 1.98. The van der Waals surface area contributed by atoms with Gasteiger partial charge in [-0.05, 0) is 6.92 Å².